The van der Waals surface area contributed by atoms with Crippen LogP contribution in [0, 0.1) is 11.3 Å². The van der Waals surface area contributed by atoms with E-state index in [9.17, 15) is 9.90 Å². The Labute approximate surface area is 188 Å². The van der Waals surface area contributed by atoms with Gasteiger partial charge < -0.3 is 5.11 Å². The SMILES string of the molecule is CCCC1CCC(c2ccc(-c3ccc(C4CCC(C)(C(=O)O)CC4)cc3)cc2)CC1. The van der Waals surface area contributed by atoms with E-state index in [0.717, 1.165) is 37.5 Å². The average molecular weight is 419 g/mol. The Morgan fingerprint density at radius 2 is 1.26 bits per heavy atom. The van der Waals surface area contributed by atoms with Crippen molar-refractivity contribution in [3.05, 3.63) is 59.7 Å². The number of carboxylic acid groups (broad SMARTS) is 1. The van der Waals surface area contributed by atoms with Gasteiger partial charge in [0.15, 0.2) is 0 Å². The van der Waals surface area contributed by atoms with Crippen LogP contribution in [0.25, 0.3) is 11.1 Å². The largest absolute Gasteiger partial charge is 0.481 e. The van der Waals surface area contributed by atoms with E-state index in [-0.39, 0.29) is 0 Å². The monoisotopic (exact) mass is 418 g/mol. The summed E-state index contributed by atoms with van der Waals surface area (Å²) >= 11 is 0. The highest BCUT2D eigenvalue weighted by molar-refractivity contribution is 5.74. The average Bonchev–Trinajstić information content (AvgIpc) is 2.81. The number of benzene rings is 2. The van der Waals surface area contributed by atoms with Gasteiger partial charge in [-0.25, -0.2) is 0 Å². The van der Waals surface area contributed by atoms with Crippen LogP contribution >= 0.6 is 0 Å². The first-order valence-corrected chi connectivity index (χ1v) is 12.4. The zero-order chi connectivity index (χ0) is 21.8. The maximum atomic E-state index is 11.5. The summed E-state index contributed by atoms with van der Waals surface area (Å²) in [4.78, 5) is 11.5. The Bertz CT molecular complexity index is 849. The van der Waals surface area contributed by atoms with Gasteiger partial charge in [0, 0.05) is 0 Å². The maximum Gasteiger partial charge on any atom is 0.309 e. The van der Waals surface area contributed by atoms with Crippen LogP contribution in [0.5, 0.6) is 0 Å². The maximum absolute atomic E-state index is 11.5. The third kappa shape index (κ3) is 5.05. The lowest BCUT2D eigenvalue weighted by molar-refractivity contribution is -0.149. The van der Waals surface area contributed by atoms with Crippen LogP contribution in [0.15, 0.2) is 48.5 Å². The van der Waals surface area contributed by atoms with Gasteiger partial charge in [0.1, 0.15) is 0 Å². The van der Waals surface area contributed by atoms with Crippen molar-refractivity contribution in [3.63, 3.8) is 0 Å². The van der Waals surface area contributed by atoms with Crippen molar-refractivity contribution < 1.29 is 9.90 Å². The number of carboxylic acids is 1. The van der Waals surface area contributed by atoms with Crippen molar-refractivity contribution >= 4 is 5.97 Å². The molecule has 0 amide bonds. The summed E-state index contributed by atoms with van der Waals surface area (Å²) < 4.78 is 0. The van der Waals surface area contributed by atoms with Gasteiger partial charge in [-0.3, -0.25) is 4.79 Å². The smallest absolute Gasteiger partial charge is 0.309 e. The molecule has 0 bridgehead atoms. The van der Waals surface area contributed by atoms with Gasteiger partial charge in [-0.1, -0.05) is 68.3 Å². The Kier molecular flexibility index (Phi) is 6.84. The van der Waals surface area contributed by atoms with Crippen LogP contribution in [0.2, 0.25) is 0 Å². The summed E-state index contributed by atoms with van der Waals surface area (Å²) in [6.07, 6.45) is 11.7. The predicted octanol–water partition coefficient (Wildman–Crippen LogP) is 8.18. The molecule has 166 valence electrons. The standard InChI is InChI=1S/C29H38O2/c1-3-4-21-5-7-22(8-6-21)23-9-11-24(12-10-23)25-13-15-26(16-14-25)27-17-19-29(2,20-18-27)28(30)31/h9-16,21-22,27H,3-8,17-20H2,1-2H3,(H,30,31). The second-order valence-electron chi connectivity index (χ2n) is 10.4. The van der Waals surface area contributed by atoms with E-state index in [1.165, 1.54) is 60.8 Å². The lowest BCUT2D eigenvalue weighted by atomic mass is 9.70. The third-order valence-electron chi connectivity index (χ3n) is 8.25. The molecule has 1 N–H and O–H groups in total. The number of carbonyl (C=O) groups is 1. The molecule has 2 aliphatic rings. The highest BCUT2D eigenvalue weighted by atomic mass is 16.4. The molecule has 0 aromatic heterocycles. The molecule has 0 spiro atoms. The highest BCUT2D eigenvalue weighted by Gasteiger charge is 2.37. The van der Waals surface area contributed by atoms with Gasteiger partial charge in [0.05, 0.1) is 5.41 Å². The van der Waals surface area contributed by atoms with E-state index < -0.39 is 11.4 Å². The summed E-state index contributed by atoms with van der Waals surface area (Å²) in [6.45, 7) is 4.21. The number of rotatable bonds is 6. The van der Waals surface area contributed by atoms with Crippen molar-refractivity contribution in [2.45, 2.75) is 89.9 Å². The molecule has 0 unspecified atom stereocenters. The second kappa shape index (κ2) is 9.59. The molecule has 2 fully saturated rings. The number of hydrogen-bond donors (Lipinski definition) is 1. The lowest BCUT2D eigenvalue weighted by Gasteiger charge is -2.34. The molecule has 2 nitrogen and oxygen atoms in total. The molecule has 2 saturated carbocycles. The summed E-state index contributed by atoms with van der Waals surface area (Å²) in [7, 11) is 0. The normalized spacial score (nSPS) is 28.9. The van der Waals surface area contributed by atoms with E-state index in [1.54, 1.807) is 0 Å². The molecule has 2 aromatic rings. The summed E-state index contributed by atoms with van der Waals surface area (Å²) in [6, 6.07) is 18.3. The quantitative estimate of drug-likeness (QED) is 0.513. The first-order valence-electron chi connectivity index (χ1n) is 12.4. The summed E-state index contributed by atoms with van der Waals surface area (Å²) in [5.74, 6) is 1.55. The fourth-order valence-corrected chi connectivity index (χ4v) is 5.89. The van der Waals surface area contributed by atoms with Crippen molar-refractivity contribution in [2.24, 2.45) is 11.3 Å². The zero-order valence-corrected chi connectivity index (χ0v) is 19.3. The Morgan fingerprint density at radius 3 is 1.68 bits per heavy atom. The van der Waals surface area contributed by atoms with Crippen molar-refractivity contribution in [2.75, 3.05) is 0 Å². The molecule has 2 heteroatoms. The van der Waals surface area contributed by atoms with Crippen molar-refractivity contribution in [3.8, 4) is 11.1 Å². The topological polar surface area (TPSA) is 37.3 Å². The molecule has 31 heavy (non-hydrogen) atoms. The Hall–Kier alpha value is -2.09. The van der Waals surface area contributed by atoms with E-state index >= 15 is 0 Å². The fourth-order valence-electron chi connectivity index (χ4n) is 5.89. The van der Waals surface area contributed by atoms with Gasteiger partial charge in [0.25, 0.3) is 0 Å². The Morgan fingerprint density at radius 1 is 0.806 bits per heavy atom. The molecule has 2 aliphatic carbocycles. The first-order chi connectivity index (χ1) is 15.0. The van der Waals surface area contributed by atoms with Gasteiger partial charge in [-0.05, 0) is 98.3 Å². The van der Waals surface area contributed by atoms with Crippen molar-refractivity contribution in [1.29, 1.82) is 0 Å². The van der Waals surface area contributed by atoms with Gasteiger partial charge in [-0.2, -0.15) is 0 Å². The molecule has 0 saturated heterocycles. The minimum absolute atomic E-state index is 0.492. The van der Waals surface area contributed by atoms with Gasteiger partial charge in [-0.15, -0.1) is 0 Å². The Balaban J connectivity index is 1.36. The van der Waals surface area contributed by atoms with Crippen LogP contribution < -0.4 is 0 Å². The summed E-state index contributed by atoms with van der Waals surface area (Å²) in [5, 5.41) is 9.45. The number of hydrogen-bond acceptors (Lipinski definition) is 1. The molecule has 0 aliphatic heterocycles. The van der Waals surface area contributed by atoms with Crippen LogP contribution in [0.3, 0.4) is 0 Å². The van der Waals surface area contributed by atoms with Crippen molar-refractivity contribution in [1.82, 2.24) is 0 Å². The highest BCUT2D eigenvalue weighted by Crippen LogP contribution is 2.43. The first kappa shape index (κ1) is 22.1. The van der Waals surface area contributed by atoms with E-state index in [2.05, 4.69) is 55.5 Å². The predicted molar refractivity (Wildman–Crippen MR) is 128 cm³/mol. The zero-order valence-electron chi connectivity index (χ0n) is 19.3. The van der Waals surface area contributed by atoms with Gasteiger partial charge in [0.2, 0.25) is 0 Å². The van der Waals surface area contributed by atoms with E-state index in [4.69, 9.17) is 0 Å². The molecule has 0 radical (unpaired) electrons. The lowest BCUT2D eigenvalue weighted by Crippen LogP contribution is -2.31. The molecule has 0 atom stereocenters. The second-order valence-corrected chi connectivity index (χ2v) is 10.4. The fraction of sp³-hybridized carbons (Fsp3) is 0.552. The van der Waals surface area contributed by atoms with Crippen LogP contribution in [-0.4, -0.2) is 11.1 Å². The van der Waals surface area contributed by atoms with Crippen LogP contribution in [0.1, 0.15) is 101 Å². The minimum atomic E-state index is -0.640. The molecule has 4 rings (SSSR count). The molecule has 0 heterocycles. The van der Waals surface area contributed by atoms with Crippen LogP contribution in [-0.2, 0) is 4.79 Å². The van der Waals surface area contributed by atoms with E-state index in [0.29, 0.717) is 5.92 Å². The van der Waals surface area contributed by atoms with Crippen LogP contribution in [0.4, 0.5) is 0 Å². The third-order valence-corrected chi connectivity index (χ3v) is 8.25. The molecule has 2 aromatic carbocycles. The number of aliphatic carboxylic acids is 1. The molecular weight excluding hydrogens is 380 g/mol. The minimum Gasteiger partial charge on any atom is -0.481 e. The van der Waals surface area contributed by atoms with E-state index in [1.807, 2.05) is 6.92 Å². The van der Waals surface area contributed by atoms with Gasteiger partial charge >= 0.3 is 5.97 Å². The summed E-state index contributed by atoms with van der Waals surface area (Å²) in [5.41, 5.74) is 4.90. The molecular formula is C29H38O2.